The van der Waals surface area contributed by atoms with E-state index in [-0.39, 0.29) is 5.91 Å². The summed E-state index contributed by atoms with van der Waals surface area (Å²) in [5.41, 5.74) is 1.58. The molecular weight excluding hydrogens is 218 g/mol. The Morgan fingerprint density at radius 2 is 2.35 bits per heavy atom. The van der Waals surface area contributed by atoms with Crippen molar-refractivity contribution in [2.24, 2.45) is 0 Å². The Morgan fingerprint density at radius 3 is 3.00 bits per heavy atom. The lowest BCUT2D eigenvalue weighted by Gasteiger charge is -2.32. The summed E-state index contributed by atoms with van der Waals surface area (Å²) in [5.74, 6) is 0.776. The maximum Gasteiger partial charge on any atom is 0.226 e. The molecule has 92 valence electrons. The molecule has 1 aromatic rings. The first kappa shape index (κ1) is 11.9. The molecule has 0 saturated carbocycles. The van der Waals surface area contributed by atoms with Gasteiger partial charge in [0, 0.05) is 24.6 Å². The van der Waals surface area contributed by atoms with Crippen LogP contribution in [0.4, 0.5) is 5.69 Å². The molecule has 4 nitrogen and oxygen atoms in total. The SMILES string of the molecule is CCC(=O)N1CCC(O)c2ccc(OC)cc21. The summed E-state index contributed by atoms with van der Waals surface area (Å²) < 4.78 is 5.16. The number of methoxy groups -OCH3 is 1. The summed E-state index contributed by atoms with van der Waals surface area (Å²) >= 11 is 0. The van der Waals surface area contributed by atoms with Crippen molar-refractivity contribution >= 4 is 11.6 Å². The summed E-state index contributed by atoms with van der Waals surface area (Å²) in [5, 5.41) is 9.92. The third kappa shape index (κ3) is 2.13. The molecule has 0 aromatic heterocycles. The van der Waals surface area contributed by atoms with Crippen LogP contribution in [-0.2, 0) is 4.79 Å². The second-order valence-corrected chi connectivity index (χ2v) is 4.13. The number of carbonyl (C=O) groups is 1. The van der Waals surface area contributed by atoms with Crippen molar-refractivity contribution in [3.05, 3.63) is 23.8 Å². The lowest BCUT2D eigenvalue weighted by Crippen LogP contribution is -2.36. The van der Waals surface area contributed by atoms with Gasteiger partial charge in [0.2, 0.25) is 5.91 Å². The van der Waals surface area contributed by atoms with Gasteiger partial charge in [-0.1, -0.05) is 13.0 Å². The number of hydrogen-bond acceptors (Lipinski definition) is 3. The Kier molecular flexibility index (Phi) is 3.33. The molecule has 1 aromatic carbocycles. The quantitative estimate of drug-likeness (QED) is 0.851. The van der Waals surface area contributed by atoms with Crippen molar-refractivity contribution in [1.29, 1.82) is 0 Å². The van der Waals surface area contributed by atoms with Crippen LogP contribution in [0.25, 0.3) is 0 Å². The number of hydrogen-bond donors (Lipinski definition) is 1. The molecule has 1 N–H and O–H groups in total. The van der Waals surface area contributed by atoms with Gasteiger partial charge in [-0.25, -0.2) is 0 Å². The van der Waals surface area contributed by atoms with E-state index in [1.165, 1.54) is 0 Å². The van der Waals surface area contributed by atoms with Crippen LogP contribution in [0.1, 0.15) is 31.4 Å². The number of nitrogens with zero attached hydrogens (tertiary/aromatic N) is 1. The molecule has 4 heteroatoms. The van der Waals surface area contributed by atoms with Gasteiger partial charge in [0.25, 0.3) is 0 Å². The van der Waals surface area contributed by atoms with E-state index in [9.17, 15) is 9.90 Å². The second kappa shape index (κ2) is 4.75. The Balaban J connectivity index is 2.44. The molecule has 1 atom stereocenters. The van der Waals surface area contributed by atoms with Gasteiger partial charge in [0.15, 0.2) is 0 Å². The smallest absolute Gasteiger partial charge is 0.226 e. The summed E-state index contributed by atoms with van der Waals surface area (Å²) in [4.78, 5) is 13.6. The maximum atomic E-state index is 11.8. The van der Waals surface area contributed by atoms with E-state index >= 15 is 0 Å². The van der Waals surface area contributed by atoms with Crippen molar-refractivity contribution in [1.82, 2.24) is 0 Å². The molecule has 0 spiro atoms. The van der Waals surface area contributed by atoms with E-state index in [2.05, 4.69) is 0 Å². The lowest BCUT2D eigenvalue weighted by atomic mass is 9.98. The van der Waals surface area contributed by atoms with E-state index in [0.29, 0.717) is 25.1 Å². The number of benzene rings is 1. The lowest BCUT2D eigenvalue weighted by molar-refractivity contribution is -0.118. The zero-order chi connectivity index (χ0) is 12.4. The van der Waals surface area contributed by atoms with Crippen LogP contribution in [0, 0.1) is 0 Å². The molecule has 0 saturated heterocycles. The van der Waals surface area contributed by atoms with E-state index in [4.69, 9.17) is 4.74 Å². The standard InChI is InChI=1S/C13H17NO3/c1-3-13(16)14-7-6-12(15)10-5-4-9(17-2)8-11(10)14/h4-5,8,12,15H,3,6-7H2,1-2H3. The number of fused-ring (bicyclic) bond motifs is 1. The Hall–Kier alpha value is -1.55. The summed E-state index contributed by atoms with van der Waals surface area (Å²) in [6.45, 7) is 2.40. The number of anilines is 1. The van der Waals surface area contributed by atoms with E-state index in [0.717, 1.165) is 11.3 Å². The minimum atomic E-state index is -0.489. The van der Waals surface area contributed by atoms with Crippen LogP contribution < -0.4 is 9.64 Å². The fourth-order valence-corrected chi connectivity index (χ4v) is 2.14. The highest BCUT2D eigenvalue weighted by Gasteiger charge is 2.27. The molecule has 17 heavy (non-hydrogen) atoms. The molecular formula is C13H17NO3. The largest absolute Gasteiger partial charge is 0.497 e. The first-order valence-electron chi connectivity index (χ1n) is 5.83. The molecule has 0 fully saturated rings. The highest BCUT2D eigenvalue weighted by molar-refractivity contribution is 5.94. The molecule has 1 unspecified atom stereocenters. The van der Waals surface area contributed by atoms with Crippen LogP contribution in [-0.4, -0.2) is 24.7 Å². The van der Waals surface area contributed by atoms with Crippen molar-refractivity contribution in [3.8, 4) is 5.75 Å². The molecule has 0 bridgehead atoms. The fraction of sp³-hybridized carbons (Fsp3) is 0.462. The first-order valence-corrected chi connectivity index (χ1v) is 5.83. The molecule has 2 rings (SSSR count). The Morgan fingerprint density at radius 1 is 1.59 bits per heavy atom. The molecule has 1 heterocycles. The van der Waals surface area contributed by atoms with E-state index in [1.54, 1.807) is 12.0 Å². The van der Waals surface area contributed by atoms with Gasteiger partial charge in [-0.3, -0.25) is 4.79 Å². The number of carbonyl (C=O) groups excluding carboxylic acids is 1. The minimum absolute atomic E-state index is 0.0754. The summed E-state index contributed by atoms with van der Waals surface area (Å²) in [7, 11) is 1.59. The maximum absolute atomic E-state index is 11.8. The van der Waals surface area contributed by atoms with Crippen LogP contribution >= 0.6 is 0 Å². The average molecular weight is 235 g/mol. The number of aliphatic hydroxyl groups excluding tert-OH is 1. The van der Waals surface area contributed by atoms with Gasteiger partial charge in [-0.15, -0.1) is 0 Å². The van der Waals surface area contributed by atoms with Crippen molar-refractivity contribution in [2.75, 3.05) is 18.6 Å². The van der Waals surface area contributed by atoms with Crippen LogP contribution in [0.15, 0.2) is 18.2 Å². The van der Waals surface area contributed by atoms with Gasteiger partial charge < -0.3 is 14.7 Å². The van der Waals surface area contributed by atoms with Crippen LogP contribution in [0.5, 0.6) is 5.75 Å². The number of aliphatic hydroxyl groups is 1. The summed E-state index contributed by atoms with van der Waals surface area (Å²) in [6.07, 6.45) is 0.564. The van der Waals surface area contributed by atoms with Crippen molar-refractivity contribution in [2.45, 2.75) is 25.9 Å². The summed E-state index contributed by atoms with van der Waals surface area (Å²) in [6, 6.07) is 5.45. The van der Waals surface area contributed by atoms with Crippen LogP contribution in [0.2, 0.25) is 0 Å². The normalized spacial score (nSPS) is 18.8. The third-order valence-corrected chi connectivity index (χ3v) is 3.12. The predicted molar refractivity (Wildman–Crippen MR) is 65.2 cm³/mol. The van der Waals surface area contributed by atoms with Gasteiger partial charge in [-0.05, 0) is 12.5 Å². The van der Waals surface area contributed by atoms with E-state index in [1.807, 2.05) is 25.1 Å². The van der Waals surface area contributed by atoms with Gasteiger partial charge in [0.1, 0.15) is 5.75 Å². The molecule has 0 aliphatic carbocycles. The molecule has 1 aliphatic heterocycles. The first-order chi connectivity index (χ1) is 8.17. The average Bonchev–Trinajstić information content (AvgIpc) is 2.38. The van der Waals surface area contributed by atoms with Gasteiger partial charge in [0.05, 0.1) is 18.9 Å². The van der Waals surface area contributed by atoms with Gasteiger partial charge >= 0.3 is 0 Å². The van der Waals surface area contributed by atoms with Crippen molar-refractivity contribution in [3.63, 3.8) is 0 Å². The Labute approximate surface area is 101 Å². The van der Waals surface area contributed by atoms with Crippen molar-refractivity contribution < 1.29 is 14.6 Å². The molecule has 1 aliphatic rings. The van der Waals surface area contributed by atoms with Gasteiger partial charge in [-0.2, -0.15) is 0 Å². The molecule has 0 radical (unpaired) electrons. The minimum Gasteiger partial charge on any atom is -0.497 e. The monoisotopic (exact) mass is 235 g/mol. The fourth-order valence-electron chi connectivity index (χ4n) is 2.14. The zero-order valence-electron chi connectivity index (χ0n) is 10.1. The molecule has 1 amide bonds. The number of amides is 1. The highest BCUT2D eigenvalue weighted by atomic mass is 16.5. The topological polar surface area (TPSA) is 49.8 Å². The second-order valence-electron chi connectivity index (χ2n) is 4.13. The predicted octanol–water partition coefficient (Wildman–Crippen LogP) is 1.88. The third-order valence-electron chi connectivity index (χ3n) is 3.12. The highest BCUT2D eigenvalue weighted by Crippen LogP contribution is 2.36. The van der Waals surface area contributed by atoms with E-state index < -0.39 is 6.10 Å². The number of rotatable bonds is 2. The van der Waals surface area contributed by atoms with Crippen LogP contribution in [0.3, 0.4) is 0 Å². The number of ether oxygens (including phenoxy) is 1. The Bertz CT molecular complexity index is 431. The zero-order valence-corrected chi connectivity index (χ0v) is 10.1.